The van der Waals surface area contributed by atoms with E-state index in [0.717, 1.165) is 12.8 Å². The maximum Gasteiger partial charge on any atom is 0.306 e. The van der Waals surface area contributed by atoms with E-state index in [1.54, 1.807) is 4.90 Å². The van der Waals surface area contributed by atoms with Gasteiger partial charge in [0.25, 0.3) is 5.91 Å². The highest BCUT2D eigenvalue weighted by molar-refractivity contribution is 5.81. The summed E-state index contributed by atoms with van der Waals surface area (Å²) in [5, 5.41) is 8.69. The van der Waals surface area contributed by atoms with Gasteiger partial charge in [-0.25, -0.2) is 0 Å². The smallest absolute Gasteiger partial charge is 0.306 e. The molecule has 96 valence electrons. The second-order valence-corrected chi connectivity index (χ2v) is 4.38. The molecule has 2 aliphatic rings. The van der Waals surface area contributed by atoms with Gasteiger partial charge in [0.15, 0.2) is 0 Å². The zero-order valence-electron chi connectivity index (χ0n) is 9.63. The second kappa shape index (κ2) is 5.46. The SMILES string of the molecule is O=C(O)C[C@H]1CN(C(=O)[C@H]2CCCO2)CCO1. The molecule has 0 aromatic carbocycles. The lowest BCUT2D eigenvalue weighted by Gasteiger charge is -2.33. The Kier molecular flexibility index (Phi) is 3.96. The van der Waals surface area contributed by atoms with Crippen molar-refractivity contribution < 1.29 is 24.2 Å². The molecule has 2 aliphatic heterocycles. The Balaban J connectivity index is 1.87. The summed E-state index contributed by atoms with van der Waals surface area (Å²) in [7, 11) is 0. The fourth-order valence-electron chi connectivity index (χ4n) is 2.21. The monoisotopic (exact) mass is 243 g/mol. The summed E-state index contributed by atoms with van der Waals surface area (Å²) in [4.78, 5) is 24.3. The summed E-state index contributed by atoms with van der Waals surface area (Å²) in [6.07, 6.45) is 0.888. The summed E-state index contributed by atoms with van der Waals surface area (Å²) < 4.78 is 10.7. The third-order valence-electron chi connectivity index (χ3n) is 3.06. The Morgan fingerprint density at radius 3 is 2.76 bits per heavy atom. The first-order valence-electron chi connectivity index (χ1n) is 5.90. The lowest BCUT2D eigenvalue weighted by Crippen LogP contribution is -2.49. The van der Waals surface area contributed by atoms with Gasteiger partial charge in [0.05, 0.1) is 19.1 Å². The fraction of sp³-hybridized carbons (Fsp3) is 0.818. The number of rotatable bonds is 3. The van der Waals surface area contributed by atoms with E-state index in [0.29, 0.717) is 26.3 Å². The average molecular weight is 243 g/mol. The highest BCUT2D eigenvalue weighted by atomic mass is 16.5. The van der Waals surface area contributed by atoms with Crippen LogP contribution in [0.5, 0.6) is 0 Å². The van der Waals surface area contributed by atoms with Crippen LogP contribution < -0.4 is 0 Å². The highest BCUT2D eigenvalue weighted by Gasteiger charge is 2.32. The van der Waals surface area contributed by atoms with Crippen LogP contribution in [-0.2, 0) is 19.1 Å². The third kappa shape index (κ3) is 3.17. The number of carboxylic acid groups (broad SMARTS) is 1. The van der Waals surface area contributed by atoms with Crippen molar-refractivity contribution in [3.8, 4) is 0 Å². The lowest BCUT2D eigenvalue weighted by molar-refractivity contribution is -0.153. The van der Waals surface area contributed by atoms with Gasteiger partial charge in [-0.15, -0.1) is 0 Å². The summed E-state index contributed by atoms with van der Waals surface area (Å²) in [5.41, 5.74) is 0. The van der Waals surface area contributed by atoms with Crippen molar-refractivity contribution in [1.82, 2.24) is 4.90 Å². The molecule has 0 spiro atoms. The minimum Gasteiger partial charge on any atom is -0.481 e. The number of aliphatic carboxylic acids is 1. The number of morpholine rings is 1. The van der Waals surface area contributed by atoms with E-state index in [1.807, 2.05) is 0 Å². The van der Waals surface area contributed by atoms with Gasteiger partial charge in [-0.05, 0) is 12.8 Å². The normalized spacial score (nSPS) is 29.3. The maximum atomic E-state index is 12.0. The van der Waals surface area contributed by atoms with Crippen LogP contribution in [0.15, 0.2) is 0 Å². The first-order chi connectivity index (χ1) is 8.16. The number of nitrogens with zero attached hydrogens (tertiary/aromatic N) is 1. The van der Waals surface area contributed by atoms with Crippen molar-refractivity contribution in [2.45, 2.75) is 31.5 Å². The van der Waals surface area contributed by atoms with Crippen LogP contribution in [-0.4, -0.2) is 60.4 Å². The number of hydrogen-bond donors (Lipinski definition) is 1. The largest absolute Gasteiger partial charge is 0.481 e. The molecule has 2 rings (SSSR count). The minimum atomic E-state index is -0.901. The molecule has 2 heterocycles. The van der Waals surface area contributed by atoms with E-state index in [4.69, 9.17) is 14.6 Å². The van der Waals surface area contributed by atoms with Crippen molar-refractivity contribution in [2.75, 3.05) is 26.3 Å². The molecule has 17 heavy (non-hydrogen) atoms. The van der Waals surface area contributed by atoms with Crippen LogP contribution in [0.2, 0.25) is 0 Å². The van der Waals surface area contributed by atoms with E-state index in [2.05, 4.69) is 0 Å². The summed E-state index contributed by atoms with van der Waals surface area (Å²) in [5.74, 6) is -0.928. The molecule has 2 fully saturated rings. The molecule has 1 N–H and O–H groups in total. The number of ether oxygens (including phenoxy) is 2. The molecule has 1 amide bonds. The molecule has 6 nitrogen and oxygen atoms in total. The quantitative estimate of drug-likeness (QED) is 0.747. The molecular formula is C11H17NO5. The summed E-state index contributed by atoms with van der Waals surface area (Å²) in [6, 6.07) is 0. The number of hydrogen-bond acceptors (Lipinski definition) is 4. The van der Waals surface area contributed by atoms with Crippen LogP contribution in [0, 0.1) is 0 Å². The average Bonchev–Trinajstić information content (AvgIpc) is 2.81. The van der Waals surface area contributed by atoms with E-state index < -0.39 is 12.1 Å². The molecular weight excluding hydrogens is 226 g/mol. The summed E-state index contributed by atoms with van der Waals surface area (Å²) in [6.45, 7) is 1.91. The molecule has 2 atom stereocenters. The zero-order chi connectivity index (χ0) is 12.3. The van der Waals surface area contributed by atoms with Gasteiger partial charge in [-0.2, -0.15) is 0 Å². The molecule has 2 saturated heterocycles. The fourth-order valence-corrected chi connectivity index (χ4v) is 2.21. The van der Waals surface area contributed by atoms with Crippen molar-refractivity contribution in [3.63, 3.8) is 0 Å². The number of carboxylic acids is 1. The van der Waals surface area contributed by atoms with E-state index in [-0.39, 0.29) is 18.4 Å². The number of amides is 1. The third-order valence-corrected chi connectivity index (χ3v) is 3.06. The van der Waals surface area contributed by atoms with Crippen LogP contribution in [0.4, 0.5) is 0 Å². The van der Waals surface area contributed by atoms with Crippen LogP contribution >= 0.6 is 0 Å². The molecule has 0 aromatic heterocycles. The van der Waals surface area contributed by atoms with E-state index >= 15 is 0 Å². The standard InChI is InChI=1S/C11H17NO5/c13-10(14)6-8-7-12(3-5-16-8)11(15)9-2-1-4-17-9/h8-9H,1-7H2,(H,13,14)/t8-,9+/m0/s1. The van der Waals surface area contributed by atoms with Crippen molar-refractivity contribution in [2.24, 2.45) is 0 Å². The van der Waals surface area contributed by atoms with Crippen molar-refractivity contribution in [1.29, 1.82) is 0 Å². The first-order valence-corrected chi connectivity index (χ1v) is 5.90. The minimum absolute atomic E-state index is 0.0267. The molecule has 6 heteroatoms. The summed E-state index contributed by atoms with van der Waals surface area (Å²) >= 11 is 0. The van der Waals surface area contributed by atoms with Gasteiger partial charge in [0.1, 0.15) is 6.10 Å². The number of carbonyl (C=O) groups excluding carboxylic acids is 1. The molecule has 0 aliphatic carbocycles. The predicted molar refractivity (Wildman–Crippen MR) is 57.5 cm³/mol. The molecule has 0 bridgehead atoms. The van der Waals surface area contributed by atoms with E-state index in [1.165, 1.54) is 0 Å². The predicted octanol–water partition coefficient (Wildman–Crippen LogP) is -0.133. The van der Waals surface area contributed by atoms with Gasteiger partial charge < -0.3 is 19.5 Å². The van der Waals surface area contributed by atoms with Crippen LogP contribution in [0.3, 0.4) is 0 Å². The van der Waals surface area contributed by atoms with Gasteiger partial charge in [0.2, 0.25) is 0 Å². The second-order valence-electron chi connectivity index (χ2n) is 4.38. The van der Waals surface area contributed by atoms with Crippen molar-refractivity contribution in [3.05, 3.63) is 0 Å². The Hall–Kier alpha value is -1.14. The zero-order valence-corrected chi connectivity index (χ0v) is 9.63. The first kappa shape index (κ1) is 12.3. The van der Waals surface area contributed by atoms with Crippen molar-refractivity contribution >= 4 is 11.9 Å². The van der Waals surface area contributed by atoms with Crippen LogP contribution in [0.1, 0.15) is 19.3 Å². The molecule has 0 aromatic rings. The topological polar surface area (TPSA) is 76.1 Å². The lowest BCUT2D eigenvalue weighted by atomic mass is 10.1. The Morgan fingerprint density at radius 1 is 1.29 bits per heavy atom. The van der Waals surface area contributed by atoms with E-state index in [9.17, 15) is 9.59 Å². The number of carbonyl (C=O) groups is 2. The Bertz CT molecular complexity index is 300. The molecule has 0 unspecified atom stereocenters. The van der Waals surface area contributed by atoms with Gasteiger partial charge in [-0.1, -0.05) is 0 Å². The molecule has 0 radical (unpaired) electrons. The molecule has 0 saturated carbocycles. The highest BCUT2D eigenvalue weighted by Crippen LogP contribution is 2.17. The Labute approximate surface area is 99.5 Å². The Morgan fingerprint density at radius 2 is 2.12 bits per heavy atom. The van der Waals surface area contributed by atoms with Gasteiger partial charge >= 0.3 is 5.97 Å². The van der Waals surface area contributed by atoms with Crippen LogP contribution in [0.25, 0.3) is 0 Å². The van der Waals surface area contributed by atoms with Gasteiger partial charge in [-0.3, -0.25) is 9.59 Å². The maximum absolute atomic E-state index is 12.0. The van der Waals surface area contributed by atoms with Gasteiger partial charge in [0, 0.05) is 19.7 Å².